The third kappa shape index (κ3) is 3.78. The molecule has 2 aromatic heterocycles. The van der Waals surface area contributed by atoms with Crippen LogP contribution in [0.1, 0.15) is 41.5 Å². The van der Waals surface area contributed by atoms with Crippen LogP contribution in [0.5, 0.6) is 0 Å². The summed E-state index contributed by atoms with van der Waals surface area (Å²) in [4.78, 5) is 13.0. The van der Waals surface area contributed by atoms with Gasteiger partial charge in [-0.15, -0.1) is 5.10 Å². The number of nitrogens with one attached hydrogen (secondary N) is 1. The summed E-state index contributed by atoms with van der Waals surface area (Å²) in [5.74, 6) is 1.10. The van der Waals surface area contributed by atoms with Crippen molar-refractivity contribution in [1.82, 2.24) is 14.9 Å². The van der Waals surface area contributed by atoms with E-state index in [4.69, 9.17) is 16.6 Å². The fourth-order valence-electron chi connectivity index (χ4n) is 2.85. The third-order valence-electron chi connectivity index (χ3n) is 4.30. The average molecular weight is 385 g/mol. The molecule has 6 nitrogen and oxygen atoms in total. The van der Waals surface area contributed by atoms with Crippen LogP contribution >= 0.6 is 12.2 Å². The minimum Gasteiger partial charge on any atom is -0.461 e. The first-order valence-electron chi connectivity index (χ1n) is 8.78. The SMILES string of the molecule is CC(C)(C)C1=CC(=Nn2c(-c3ccco3)n[nH]c2=S)C=C(C(C)(C)C)C1=O. The Kier molecular flexibility index (Phi) is 4.67. The molecule has 1 aliphatic rings. The Bertz CT molecular complexity index is 983. The van der Waals surface area contributed by atoms with Crippen molar-refractivity contribution in [3.05, 3.63) is 46.5 Å². The number of nitrogens with zero attached hydrogens (tertiary/aromatic N) is 3. The van der Waals surface area contributed by atoms with Gasteiger partial charge in [-0.25, -0.2) is 5.10 Å². The third-order valence-corrected chi connectivity index (χ3v) is 4.56. The van der Waals surface area contributed by atoms with Crippen molar-refractivity contribution in [1.29, 1.82) is 0 Å². The minimum absolute atomic E-state index is 0.0657. The molecule has 142 valence electrons. The summed E-state index contributed by atoms with van der Waals surface area (Å²) in [5.41, 5.74) is 1.50. The monoisotopic (exact) mass is 384 g/mol. The second kappa shape index (κ2) is 6.56. The lowest BCUT2D eigenvalue weighted by atomic mass is 9.72. The Hall–Kier alpha value is -2.54. The number of ketones is 1. The van der Waals surface area contributed by atoms with Crippen LogP contribution in [0.2, 0.25) is 0 Å². The number of aromatic amines is 1. The summed E-state index contributed by atoms with van der Waals surface area (Å²) in [6.45, 7) is 12.2. The number of hydrogen-bond acceptors (Lipinski definition) is 5. The van der Waals surface area contributed by atoms with Gasteiger partial charge in [0, 0.05) is 11.1 Å². The van der Waals surface area contributed by atoms with Crippen molar-refractivity contribution in [3.63, 3.8) is 0 Å². The molecule has 27 heavy (non-hydrogen) atoms. The molecule has 0 unspecified atom stereocenters. The zero-order chi connectivity index (χ0) is 20.0. The molecule has 0 atom stereocenters. The Morgan fingerprint density at radius 3 is 2.19 bits per heavy atom. The van der Waals surface area contributed by atoms with Gasteiger partial charge < -0.3 is 4.42 Å². The Balaban J connectivity index is 2.19. The van der Waals surface area contributed by atoms with Gasteiger partial charge >= 0.3 is 0 Å². The lowest BCUT2D eigenvalue weighted by Gasteiger charge is -2.30. The van der Waals surface area contributed by atoms with E-state index in [-0.39, 0.29) is 16.6 Å². The molecule has 0 fully saturated rings. The molecule has 0 saturated carbocycles. The molecule has 0 amide bonds. The van der Waals surface area contributed by atoms with Crippen molar-refractivity contribution in [2.75, 3.05) is 0 Å². The second-order valence-corrected chi connectivity index (χ2v) is 9.00. The Labute approximate surface area is 163 Å². The highest BCUT2D eigenvalue weighted by molar-refractivity contribution is 7.71. The molecular formula is C20H24N4O2S. The van der Waals surface area contributed by atoms with Gasteiger partial charge in [0.05, 0.1) is 12.0 Å². The molecule has 0 aliphatic heterocycles. The summed E-state index contributed by atoms with van der Waals surface area (Å²) < 4.78 is 7.30. The number of carbonyl (C=O) groups is 1. The van der Waals surface area contributed by atoms with Crippen LogP contribution < -0.4 is 0 Å². The van der Waals surface area contributed by atoms with E-state index in [0.717, 1.165) is 11.1 Å². The van der Waals surface area contributed by atoms with Crippen molar-refractivity contribution in [3.8, 4) is 11.6 Å². The van der Waals surface area contributed by atoms with E-state index in [2.05, 4.69) is 15.3 Å². The standard InChI is InChI=1S/C20H24N4O2S/c1-19(2,3)13-10-12(11-14(16(13)25)20(4,5)6)23-24-17(21-22-18(24)27)15-8-7-9-26-15/h7-11H,1-6H3,(H,22,27). The van der Waals surface area contributed by atoms with Gasteiger partial charge in [0.1, 0.15) is 0 Å². The average Bonchev–Trinajstić information content (AvgIpc) is 3.17. The quantitative estimate of drug-likeness (QED) is 0.588. The molecule has 1 aliphatic carbocycles. The summed E-state index contributed by atoms with van der Waals surface area (Å²) in [6.07, 6.45) is 5.23. The molecule has 0 radical (unpaired) electrons. The highest BCUT2D eigenvalue weighted by Crippen LogP contribution is 2.37. The normalized spacial score (nSPS) is 15.6. The topological polar surface area (TPSA) is 76.2 Å². The molecule has 0 saturated heterocycles. The highest BCUT2D eigenvalue weighted by atomic mass is 32.1. The van der Waals surface area contributed by atoms with E-state index in [1.165, 1.54) is 4.68 Å². The summed E-state index contributed by atoms with van der Waals surface area (Å²) in [6, 6.07) is 3.57. The van der Waals surface area contributed by atoms with Crippen LogP contribution in [-0.2, 0) is 4.79 Å². The highest BCUT2D eigenvalue weighted by Gasteiger charge is 2.34. The minimum atomic E-state index is -0.301. The molecule has 0 bridgehead atoms. The first-order chi connectivity index (χ1) is 12.5. The zero-order valence-corrected chi connectivity index (χ0v) is 17.3. The molecule has 7 heteroatoms. The zero-order valence-electron chi connectivity index (χ0n) is 16.5. The number of aromatic nitrogens is 3. The van der Waals surface area contributed by atoms with Gasteiger partial charge in [0.2, 0.25) is 10.6 Å². The van der Waals surface area contributed by atoms with Crippen molar-refractivity contribution >= 4 is 23.7 Å². The fraction of sp³-hybridized carbons (Fsp3) is 0.400. The van der Waals surface area contributed by atoms with Gasteiger partial charge in [0.15, 0.2) is 11.5 Å². The first kappa shape index (κ1) is 19.2. The number of carbonyl (C=O) groups excluding carboxylic acids is 1. The van der Waals surface area contributed by atoms with Gasteiger partial charge in [0.25, 0.3) is 0 Å². The molecule has 1 N–H and O–H groups in total. The number of Topliss-reactive ketones (excluding diaryl/α,β-unsaturated/α-hetero) is 1. The molecular weight excluding hydrogens is 360 g/mol. The number of rotatable bonds is 2. The van der Waals surface area contributed by atoms with Crippen molar-refractivity contribution in [2.45, 2.75) is 41.5 Å². The van der Waals surface area contributed by atoms with Gasteiger partial charge in [-0.1, -0.05) is 41.5 Å². The molecule has 0 aromatic carbocycles. The van der Waals surface area contributed by atoms with Crippen molar-refractivity contribution < 1.29 is 9.21 Å². The fourth-order valence-corrected chi connectivity index (χ4v) is 3.02. The van der Waals surface area contributed by atoms with E-state index in [1.54, 1.807) is 18.4 Å². The second-order valence-electron chi connectivity index (χ2n) is 8.61. The van der Waals surface area contributed by atoms with E-state index in [0.29, 0.717) is 22.1 Å². The van der Waals surface area contributed by atoms with E-state index >= 15 is 0 Å². The smallest absolute Gasteiger partial charge is 0.219 e. The number of hydrogen-bond donors (Lipinski definition) is 1. The maximum absolute atomic E-state index is 13.0. The summed E-state index contributed by atoms with van der Waals surface area (Å²) in [7, 11) is 0. The van der Waals surface area contributed by atoms with Gasteiger partial charge in [-0.05, 0) is 47.3 Å². The molecule has 0 spiro atoms. The summed E-state index contributed by atoms with van der Waals surface area (Å²) >= 11 is 5.33. The lowest BCUT2D eigenvalue weighted by molar-refractivity contribution is -0.114. The molecule has 2 heterocycles. The van der Waals surface area contributed by atoms with Crippen LogP contribution in [-0.4, -0.2) is 26.4 Å². The molecule has 3 rings (SSSR count). The van der Waals surface area contributed by atoms with Crippen molar-refractivity contribution in [2.24, 2.45) is 15.9 Å². The molecule has 2 aromatic rings. The predicted octanol–water partition coefficient (Wildman–Crippen LogP) is 4.93. The lowest BCUT2D eigenvalue weighted by Crippen LogP contribution is -2.29. The Morgan fingerprint density at radius 2 is 1.70 bits per heavy atom. The van der Waals surface area contributed by atoms with Crippen LogP contribution in [0, 0.1) is 15.6 Å². The summed E-state index contributed by atoms with van der Waals surface area (Å²) in [5, 5.41) is 11.6. The van der Waals surface area contributed by atoms with Crippen LogP contribution in [0.3, 0.4) is 0 Å². The van der Waals surface area contributed by atoms with Crippen LogP contribution in [0.4, 0.5) is 0 Å². The van der Waals surface area contributed by atoms with E-state index in [1.807, 2.05) is 53.7 Å². The van der Waals surface area contributed by atoms with Crippen LogP contribution in [0.25, 0.3) is 11.6 Å². The van der Waals surface area contributed by atoms with Gasteiger partial charge in [-0.3, -0.25) is 4.79 Å². The van der Waals surface area contributed by atoms with Crippen LogP contribution in [0.15, 0.2) is 51.2 Å². The van der Waals surface area contributed by atoms with E-state index < -0.39 is 0 Å². The number of furan rings is 1. The largest absolute Gasteiger partial charge is 0.461 e. The van der Waals surface area contributed by atoms with E-state index in [9.17, 15) is 4.79 Å². The first-order valence-corrected chi connectivity index (χ1v) is 9.18. The van der Waals surface area contributed by atoms with Gasteiger partial charge in [-0.2, -0.15) is 9.78 Å². The maximum Gasteiger partial charge on any atom is 0.219 e. The maximum atomic E-state index is 13.0. The number of allylic oxidation sites excluding steroid dienone is 4. The number of H-pyrrole nitrogens is 1. The predicted molar refractivity (Wildman–Crippen MR) is 108 cm³/mol. The Morgan fingerprint density at radius 1 is 1.11 bits per heavy atom.